The maximum Gasteiger partial charge on any atom is 0.0813 e. The van der Waals surface area contributed by atoms with Crippen LogP contribution in [0.3, 0.4) is 0 Å². The molecule has 1 aliphatic heterocycles. The normalized spacial score (nSPS) is 34.5. The molecule has 2 rings (SSSR count). The van der Waals surface area contributed by atoms with Gasteiger partial charge in [-0.1, -0.05) is 56.3 Å². The van der Waals surface area contributed by atoms with E-state index in [0.29, 0.717) is 17.7 Å². The summed E-state index contributed by atoms with van der Waals surface area (Å²) < 4.78 is 11.8. The minimum absolute atomic E-state index is 0.0418. The average Bonchev–Trinajstić information content (AvgIpc) is 2.48. The SMILES string of the molecule is CO[C@H]1[C@@H](C)[C@@H](CCl)O[C@@H](/C=C/c2ccccc2)[C@H]1C. The van der Waals surface area contributed by atoms with E-state index in [2.05, 4.69) is 38.1 Å². The maximum absolute atomic E-state index is 6.12. The molecule has 0 aromatic heterocycles. The zero-order valence-electron chi connectivity index (χ0n) is 12.3. The summed E-state index contributed by atoms with van der Waals surface area (Å²) in [4.78, 5) is 0. The van der Waals surface area contributed by atoms with Crippen molar-refractivity contribution in [2.45, 2.75) is 32.2 Å². The van der Waals surface area contributed by atoms with Crippen LogP contribution in [0.1, 0.15) is 19.4 Å². The molecule has 0 aliphatic carbocycles. The minimum Gasteiger partial charge on any atom is -0.381 e. The predicted molar refractivity (Wildman–Crippen MR) is 84.0 cm³/mol. The molecule has 0 unspecified atom stereocenters. The Morgan fingerprint density at radius 2 is 1.90 bits per heavy atom. The molecular formula is C17H23ClO2. The monoisotopic (exact) mass is 294 g/mol. The van der Waals surface area contributed by atoms with Crippen molar-refractivity contribution in [3.8, 4) is 0 Å². The van der Waals surface area contributed by atoms with Crippen LogP contribution in [0.5, 0.6) is 0 Å². The first kappa shape index (κ1) is 15.6. The van der Waals surface area contributed by atoms with Gasteiger partial charge in [0.05, 0.1) is 18.3 Å². The molecule has 0 amide bonds. The second kappa shape index (κ2) is 7.26. The molecule has 0 spiro atoms. The van der Waals surface area contributed by atoms with Crippen LogP contribution in [0.25, 0.3) is 6.08 Å². The van der Waals surface area contributed by atoms with Gasteiger partial charge in [-0.15, -0.1) is 11.6 Å². The number of alkyl halides is 1. The van der Waals surface area contributed by atoms with Gasteiger partial charge in [-0.3, -0.25) is 0 Å². The Bertz CT molecular complexity index is 432. The van der Waals surface area contributed by atoms with Crippen LogP contribution in [0.2, 0.25) is 0 Å². The van der Waals surface area contributed by atoms with Crippen molar-refractivity contribution < 1.29 is 9.47 Å². The molecule has 1 aromatic rings. The Balaban J connectivity index is 2.12. The maximum atomic E-state index is 6.12. The Kier molecular flexibility index (Phi) is 5.64. The summed E-state index contributed by atoms with van der Waals surface area (Å²) in [6.45, 7) is 4.32. The van der Waals surface area contributed by atoms with Gasteiger partial charge >= 0.3 is 0 Å². The van der Waals surface area contributed by atoms with E-state index < -0.39 is 0 Å². The number of halogens is 1. The van der Waals surface area contributed by atoms with Crippen molar-refractivity contribution in [3.63, 3.8) is 0 Å². The number of hydrogen-bond donors (Lipinski definition) is 0. The predicted octanol–water partition coefficient (Wildman–Crippen LogP) is 3.99. The first-order chi connectivity index (χ1) is 9.67. The Morgan fingerprint density at radius 1 is 1.20 bits per heavy atom. The van der Waals surface area contributed by atoms with E-state index in [1.54, 1.807) is 7.11 Å². The summed E-state index contributed by atoms with van der Waals surface area (Å²) in [7, 11) is 1.77. The minimum atomic E-state index is 0.0418. The lowest BCUT2D eigenvalue weighted by molar-refractivity contribution is -0.149. The third kappa shape index (κ3) is 3.43. The highest BCUT2D eigenvalue weighted by molar-refractivity contribution is 6.18. The average molecular weight is 295 g/mol. The lowest BCUT2D eigenvalue weighted by atomic mass is 9.83. The van der Waals surface area contributed by atoms with Crippen molar-refractivity contribution in [2.75, 3.05) is 13.0 Å². The second-order valence-corrected chi connectivity index (χ2v) is 5.79. The highest BCUT2D eigenvalue weighted by Crippen LogP contribution is 2.33. The number of benzene rings is 1. The van der Waals surface area contributed by atoms with Crippen molar-refractivity contribution >= 4 is 17.7 Å². The van der Waals surface area contributed by atoms with E-state index in [1.807, 2.05) is 18.2 Å². The van der Waals surface area contributed by atoms with Crippen LogP contribution in [0.15, 0.2) is 36.4 Å². The molecule has 20 heavy (non-hydrogen) atoms. The second-order valence-electron chi connectivity index (χ2n) is 5.48. The van der Waals surface area contributed by atoms with Crippen LogP contribution in [0, 0.1) is 11.8 Å². The van der Waals surface area contributed by atoms with Gasteiger partial charge in [-0.05, 0) is 5.56 Å². The molecule has 3 heteroatoms. The molecule has 110 valence electrons. The number of methoxy groups -OCH3 is 1. The van der Waals surface area contributed by atoms with E-state index in [4.69, 9.17) is 21.1 Å². The molecule has 1 heterocycles. The quantitative estimate of drug-likeness (QED) is 0.782. The summed E-state index contributed by atoms with van der Waals surface area (Å²) in [6, 6.07) is 10.3. The van der Waals surface area contributed by atoms with Gasteiger partial charge in [-0.2, -0.15) is 0 Å². The van der Waals surface area contributed by atoms with Crippen molar-refractivity contribution in [1.82, 2.24) is 0 Å². The topological polar surface area (TPSA) is 18.5 Å². The lowest BCUT2D eigenvalue weighted by Crippen LogP contribution is -2.49. The summed E-state index contributed by atoms with van der Waals surface area (Å²) in [6.07, 6.45) is 4.49. The van der Waals surface area contributed by atoms with E-state index in [-0.39, 0.29) is 18.3 Å². The summed E-state index contributed by atoms with van der Waals surface area (Å²) >= 11 is 6.02. The fourth-order valence-corrected chi connectivity index (χ4v) is 3.28. The van der Waals surface area contributed by atoms with Gasteiger partial charge in [0.1, 0.15) is 0 Å². The van der Waals surface area contributed by atoms with Gasteiger partial charge < -0.3 is 9.47 Å². The van der Waals surface area contributed by atoms with Gasteiger partial charge in [-0.25, -0.2) is 0 Å². The lowest BCUT2D eigenvalue weighted by Gasteiger charge is -2.42. The third-order valence-corrected chi connectivity index (χ3v) is 4.48. The Hall–Kier alpha value is -0.830. The van der Waals surface area contributed by atoms with Crippen molar-refractivity contribution in [2.24, 2.45) is 11.8 Å². The molecule has 0 N–H and O–H groups in total. The first-order valence-corrected chi connectivity index (χ1v) is 7.68. The highest BCUT2D eigenvalue weighted by Gasteiger charge is 2.40. The van der Waals surface area contributed by atoms with E-state index in [1.165, 1.54) is 5.56 Å². The van der Waals surface area contributed by atoms with Crippen LogP contribution >= 0.6 is 11.6 Å². The Morgan fingerprint density at radius 3 is 2.50 bits per heavy atom. The third-order valence-electron chi connectivity index (χ3n) is 4.18. The summed E-state index contributed by atoms with van der Waals surface area (Å²) in [5.74, 6) is 1.13. The molecule has 0 saturated carbocycles. The molecular weight excluding hydrogens is 272 g/mol. The van der Waals surface area contributed by atoms with Crippen molar-refractivity contribution in [1.29, 1.82) is 0 Å². The Labute approximate surface area is 126 Å². The fraction of sp³-hybridized carbons (Fsp3) is 0.529. The first-order valence-electron chi connectivity index (χ1n) is 7.14. The standard InChI is InChI=1S/C17H23ClO2/c1-12-15(10-9-14-7-5-4-6-8-14)20-16(11-18)13(2)17(12)19-3/h4-10,12-13,15-17H,11H2,1-3H3/b10-9+/t12-,13+,15+,16-,17-/m1/s1. The van der Waals surface area contributed by atoms with Gasteiger partial charge in [0.2, 0.25) is 0 Å². The van der Waals surface area contributed by atoms with Gasteiger partial charge in [0, 0.05) is 24.8 Å². The zero-order chi connectivity index (χ0) is 14.5. The molecule has 0 bridgehead atoms. The molecule has 1 saturated heterocycles. The summed E-state index contributed by atoms with van der Waals surface area (Å²) in [5.41, 5.74) is 1.18. The smallest absolute Gasteiger partial charge is 0.0813 e. The molecule has 5 atom stereocenters. The van der Waals surface area contributed by atoms with Crippen LogP contribution in [-0.4, -0.2) is 31.3 Å². The van der Waals surface area contributed by atoms with Crippen LogP contribution < -0.4 is 0 Å². The molecule has 1 fully saturated rings. The van der Waals surface area contributed by atoms with Gasteiger partial charge in [0.25, 0.3) is 0 Å². The van der Waals surface area contributed by atoms with Crippen molar-refractivity contribution in [3.05, 3.63) is 42.0 Å². The van der Waals surface area contributed by atoms with E-state index in [0.717, 1.165) is 0 Å². The van der Waals surface area contributed by atoms with Crippen LogP contribution in [-0.2, 0) is 9.47 Å². The van der Waals surface area contributed by atoms with Gasteiger partial charge in [0.15, 0.2) is 0 Å². The molecule has 2 nitrogen and oxygen atoms in total. The van der Waals surface area contributed by atoms with E-state index >= 15 is 0 Å². The number of rotatable bonds is 4. The number of hydrogen-bond acceptors (Lipinski definition) is 2. The largest absolute Gasteiger partial charge is 0.381 e. The van der Waals surface area contributed by atoms with Crippen LogP contribution in [0.4, 0.5) is 0 Å². The zero-order valence-corrected chi connectivity index (χ0v) is 13.1. The fourth-order valence-electron chi connectivity index (χ4n) is 2.92. The molecule has 1 aromatic carbocycles. The summed E-state index contributed by atoms with van der Waals surface area (Å²) in [5, 5.41) is 0. The highest BCUT2D eigenvalue weighted by atomic mass is 35.5. The molecule has 0 radical (unpaired) electrons. The number of ether oxygens (including phenoxy) is 2. The van der Waals surface area contributed by atoms with E-state index in [9.17, 15) is 0 Å². The molecule has 1 aliphatic rings.